The van der Waals surface area contributed by atoms with Crippen molar-refractivity contribution in [3.8, 4) is 0 Å². The van der Waals surface area contributed by atoms with E-state index in [0.29, 0.717) is 6.42 Å². The van der Waals surface area contributed by atoms with Gasteiger partial charge in [-0.2, -0.15) is 0 Å². The van der Waals surface area contributed by atoms with Gasteiger partial charge in [-0.25, -0.2) is 9.18 Å². The number of halogens is 1. The Bertz CT molecular complexity index is 554. The minimum Gasteiger partial charge on any atom is -0.444 e. The first-order valence-corrected chi connectivity index (χ1v) is 8.04. The highest BCUT2D eigenvalue weighted by Gasteiger charge is 2.32. The average molecular weight is 376 g/mol. The summed E-state index contributed by atoms with van der Waals surface area (Å²) in [4.78, 5) is 57.1. The second-order valence-electron chi connectivity index (χ2n) is 5.38. The van der Waals surface area contributed by atoms with E-state index in [0.717, 1.165) is 4.90 Å². The molecule has 1 aliphatic heterocycles. The minimum absolute atomic E-state index is 0.0916. The highest BCUT2D eigenvalue weighted by molar-refractivity contribution is 5.99. The van der Waals surface area contributed by atoms with Crippen molar-refractivity contribution in [1.82, 2.24) is 10.2 Å². The number of nitrogens with one attached hydrogen (secondary N) is 1. The first kappa shape index (κ1) is 21.3. The van der Waals surface area contributed by atoms with Gasteiger partial charge in [0.2, 0.25) is 6.79 Å². The molecule has 146 valence electrons. The molecule has 0 saturated carbocycles. The molecule has 26 heavy (non-hydrogen) atoms. The fraction of sp³-hybridized carbons (Fsp3) is 0.667. The largest absolute Gasteiger partial charge is 0.444 e. The van der Waals surface area contributed by atoms with E-state index in [4.69, 9.17) is 4.74 Å². The average Bonchev–Trinajstić information content (AvgIpc) is 2.57. The van der Waals surface area contributed by atoms with Gasteiger partial charge in [-0.05, 0) is 12.8 Å². The first-order valence-electron chi connectivity index (χ1n) is 8.04. The maximum Gasteiger partial charge on any atom is 0.326 e. The maximum atomic E-state index is 13.2. The number of amides is 3. The van der Waals surface area contributed by atoms with E-state index in [9.17, 15) is 28.4 Å². The number of esters is 3. The summed E-state index contributed by atoms with van der Waals surface area (Å²) in [6, 6.07) is -0.849. The Morgan fingerprint density at radius 1 is 1.08 bits per heavy atom. The van der Waals surface area contributed by atoms with Crippen molar-refractivity contribution in [2.75, 3.05) is 20.1 Å². The molecule has 0 aromatic rings. The second kappa shape index (κ2) is 11.0. The third kappa shape index (κ3) is 7.90. The van der Waals surface area contributed by atoms with Crippen LogP contribution in [0.25, 0.3) is 0 Å². The summed E-state index contributed by atoms with van der Waals surface area (Å²) in [6.07, 6.45) is -1.13. The zero-order valence-corrected chi connectivity index (χ0v) is 14.3. The van der Waals surface area contributed by atoms with Crippen molar-refractivity contribution in [1.29, 1.82) is 0 Å². The summed E-state index contributed by atoms with van der Waals surface area (Å²) >= 11 is 0. The van der Waals surface area contributed by atoms with E-state index in [2.05, 4.69) is 9.47 Å². The van der Waals surface area contributed by atoms with E-state index in [1.807, 2.05) is 0 Å². The molecule has 1 aliphatic rings. The van der Waals surface area contributed by atoms with E-state index in [-0.39, 0.29) is 25.7 Å². The number of rotatable bonds is 10. The summed E-state index contributed by atoms with van der Waals surface area (Å²) in [5.41, 5.74) is 0. The van der Waals surface area contributed by atoms with Crippen molar-refractivity contribution in [2.24, 2.45) is 0 Å². The van der Waals surface area contributed by atoms with Crippen LogP contribution in [0, 0.1) is 0 Å². The van der Waals surface area contributed by atoms with Gasteiger partial charge >= 0.3 is 23.9 Å². The van der Waals surface area contributed by atoms with Crippen LogP contribution in [0.5, 0.6) is 0 Å². The standard InChI is InChI=1S/C15H21FN2O8/c1-2-4-11(19)25-9-26-13(21)6-3-5-12(20)24-8-18-7-10(16)14(22)17-15(18)23/h10H,2-9H2,1H3,(H,17,22,23). The van der Waals surface area contributed by atoms with Crippen LogP contribution in [0.2, 0.25) is 0 Å². The van der Waals surface area contributed by atoms with Crippen LogP contribution < -0.4 is 5.32 Å². The molecule has 11 heteroatoms. The minimum atomic E-state index is -1.88. The van der Waals surface area contributed by atoms with Crippen molar-refractivity contribution >= 4 is 29.8 Å². The van der Waals surface area contributed by atoms with Crippen LogP contribution in [-0.2, 0) is 33.4 Å². The number of carbonyl (C=O) groups excluding carboxylic acids is 5. The normalized spacial score (nSPS) is 16.7. The molecule has 0 aromatic heterocycles. The van der Waals surface area contributed by atoms with Crippen LogP contribution >= 0.6 is 0 Å². The van der Waals surface area contributed by atoms with Gasteiger partial charge in [0.15, 0.2) is 12.9 Å². The first-order chi connectivity index (χ1) is 12.3. The molecule has 1 heterocycles. The van der Waals surface area contributed by atoms with Gasteiger partial charge in [0.1, 0.15) is 0 Å². The van der Waals surface area contributed by atoms with Crippen molar-refractivity contribution in [3.05, 3.63) is 0 Å². The fourth-order valence-electron chi connectivity index (χ4n) is 1.84. The van der Waals surface area contributed by atoms with Gasteiger partial charge in [0.05, 0.1) is 6.54 Å². The zero-order valence-electron chi connectivity index (χ0n) is 14.3. The second-order valence-corrected chi connectivity index (χ2v) is 5.38. The number of imide groups is 1. The number of urea groups is 1. The quantitative estimate of drug-likeness (QED) is 0.428. The molecule has 0 spiro atoms. The smallest absolute Gasteiger partial charge is 0.326 e. The van der Waals surface area contributed by atoms with Crippen molar-refractivity contribution < 1.29 is 42.6 Å². The van der Waals surface area contributed by atoms with Gasteiger partial charge in [0.25, 0.3) is 5.91 Å². The van der Waals surface area contributed by atoms with E-state index >= 15 is 0 Å². The van der Waals surface area contributed by atoms with Crippen LogP contribution in [0.3, 0.4) is 0 Å². The third-order valence-corrected chi connectivity index (χ3v) is 3.22. The fourth-order valence-corrected chi connectivity index (χ4v) is 1.84. The van der Waals surface area contributed by atoms with Gasteiger partial charge in [-0.15, -0.1) is 0 Å². The molecule has 1 fully saturated rings. The number of alkyl halides is 1. The molecular weight excluding hydrogens is 355 g/mol. The molecule has 1 saturated heterocycles. The SMILES string of the molecule is CCCC(=O)OCOC(=O)CCCC(=O)OCN1CC(F)C(=O)NC1=O. The molecule has 1 unspecified atom stereocenters. The number of ether oxygens (including phenoxy) is 3. The topological polar surface area (TPSA) is 128 Å². The Hall–Kier alpha value is -2.72. The Labute approximate surface area is 148 Å². The molecule has 0 aliphatic carbocycles. The van der Waals surface area contributed by atoms with Gasteiger partial charge in [-0.3, -0.25) is 29.4 Å². The van der Waals surface area contributed by atoms with E-state index in [1.165, 1.54) is 0 Å². The Morgan fingerprint density at radius 3 is 2.27 bits per heavy atom. The Balaban J connectivity index is 2.13. The number of hydrogen-bond acceptors (Lipinski definition) is 8. The summed E-state index contributed by atoms with van der Waals surface area (Å²) in [7, 11) is 0. The maximum absolute atomic E-state index is 13.2. The number of nitrogens with zero attached hydrogens (tertiary/aromatic N) is 1. The lowest BCUT2D eigenvalue weighted by atomic mass is 10.2. The van der Waals surface area contributed by atoms with Crippen LogP contribution in [0.1, 0.15) is 39.0 Å². The van der Waals surface area contributed by atoms with Crippen LogP contribution in [0.4, 0.5) is 9.18 Å². The van der Waals surface area contributed by atoms with E-state index < -0.39 is 56.1 Å². The van der Waals surface area contributed by atoms with Gasteiger partial charge < -0.3 is 14.2 Å². The Morgan fingerprint density at radius 2 is 1.65 bits per heavy atom. The molecular formula is C15H21FN2O8. The molecule has 1 rings (SSSR count). The van der Waals surface area contributed by atoms with Crippen molar-refractivity contribution in [2.45, 2.75) is 45.2 Å². The molecule has 10 nitrogen and oxygen atoms in total. The monoisotopic (exact) mass is 376 g/mol. The molecule has 1 N–H and O–H groups in total. The van der Waals surface area contributed by atoms with Gasteiger partial charge in [0, 0.05) is 19.3 Å². The summed E-state index contributed by atoms with van der Waals surface area (Å²) in [5, 5.41) is 1.78. The summed E-state index contributed by atoms with van der Waals surface area (Å²) in [6.45, 7) is 0.325. The third-order valence-electron chi connectivity index (χ3n) is 3.22. The molecule has 0 bridgehead atoms. The molecule has 3 amide bonds. The van der Waals surface area contributed by atoms with Gasteiger partial charge in [-0.1, -0.05) is 6.92 Å². The van der Waals surface area contributed by atoms with Crippen LogP contribution in [0.15, 0.2) is 0 Å². The zero-order chi connectivity index (χ0) is 19.5. The Kier molecular flexibility index (Phi) is 9.02. The lowest BCUT2D eigenvalue weighted by Gasteiger charge is -2.27. The van der Waals surface area contributed by atoms with E-state index in [1.54, 1.807) is 12.2 Å². The number of hydrogen-bond donors (Lipinski definition) is 1. The highest BCUT2D eigenvalue weighted by atomic mass is 19.1. The highest BCUT2D eigenvalue weighted by Crippen LogP contribution is 2.06. The summed E-state index contributed by atoms with van der Waals surface area (Å²) in [5.74, 6) is -2.84. The molecule has 0 radical (unpaired) electrons. The lowest BCUT2D eigenvalue weighted by Crippen LogP contribution is -2.56. The predicted octanol–water partition coefficient (Wildman–Crippen LogP) is 0.391. The lowest BCUT2D eigenvalue weighted by molar-refractivity contribution is -0.167. The predicted molar refractivity (Wildman–Crippen MR) is 81.9 cm³/mol. The van der Waals surface area contributed by atoms with Crippen molar-refractivity contribution in [3.63, 3.8) is 0 Å². The number of carbonyl (C=O) groups is 5. The molecule has 0 aromatic carbocycles. The summed E-state index contributed by atoms with van der Waals surface area (Å²) < 4.78 is 27.3. The van der Waals surface area contributed by atoms with Crippen LogP contribution in [-0.4, -0.2) is 61.0 Å². The molecule has 1 atom stereocenters.